The van der Waals surface area contributed by atoms with Gasteiger partial charge in [-0.3, -0.25) is 9.79 Å². The summed E-state index contributed by atoms with van der Waals surface area (Å²) in [6.45, 7) is 7.26. The van der Waals surface area contributed by atoms with E-state index in [1.165, 1.54) is 6.26 Å². The third kappa shape index (κ3) is 16.1. The summed E-state index contributed by atoms with van der Waals surface area (Å²) >= 11 is 0. The van der Waals surface area contributed by atoms with E-state index in [2.05, 4.69) is 15.6 Å². The van der Waals surface area contributed by atoms with E-state index in [9.17, 15) is 13.2 Å². The summed E-state index contributed by atoms with van der Waals surface area (Å²) in [7, 11) is -2.95. The first-order chi connectivity index (χ1) is 10.3. The topological polar surface area (TPSA) is 96.9 Å². The third-order valence-corrected chi connectivity index (χ3v) is 3.74. The fraction of sp³-hybridized carbons (Fsp3) is 0.857. The van der Waals surface area contributed by atoms with Gasteiger partial charge in [0.15, 0.2) is 5.96 Å². The van der Waals surface area contributed by atoms with E-state index in [1.807, 2.05) is 13.8 Å². The van der Waals surface area contributed by atoms with E-state index in [1.54, 1.807) is 6.92 Å². The molecule has 0 saturated carbocycles. The Morgan fingerprint density at radius 2 is 1.96 bits per heavy atom. The number of hydrogen-bond donors (Lipinski definition) is 2. The number of nitrogens with zero attached hydrogens (tertiary/aromatic N) is 1. The highest BCUT2D eigenvalue weighted by atomic mass is 127. The summed E-state index contributed by atoms with van der Waals surface area (Å²) < 4.78 is 27.2. The third-order valence-electron chi connectivity index (χ3n) is 2.76. The minimum Gasteiger partial charge on any atom is -0.466 e. The second kappa shape index (κ2) is 13.8. The second-order valence-corrected chi connectivity index (χ2v) is 7.39. The van der Waals surface area contributed by atoms with Crippen molar-refractivity contribution in [2.24, 2.45) is 4.99 Å². The molecule has 0 aliphatic heterocycles. The second-order valence-electron chi connectivity index (χ2n) is 5.13. The molecule has 0 aromatic carbocycles. The first-order valence-electron chi connectivity index (χ1n) is 7.66. The highest BCUT2D eigenvalue weighted by Crippen LogP contribution is 1.97. The van der Waals surface area contributed by atoms with Gasteiger partial charge in [0.2, 0.25) is 0 Å². The van der Waals surface area contributed by atoms with Crippen LogP contribution in [0, 0.1) is 0 Å². The molecular weight excluding hydrogens is 433 g/mol. The van der Waals surface area contributed by atoms with Crippen LogP contribution in [0.4, 0.5) is 0 Å². The van der Waals surface area contributed by atoms with E-state index in [-0.39, 0.29) is 41.7 Å². The van der Waals surface area contributed by atoms with Crippen molar-refractivity contribution in [3.05, 3.63) is 0 Å². The van der Waals surface area contributed by atoms with Gasteiger partial charge in [0.05, 0.1) is 12.4 Å². The SMILES string of the molecule is CCNC(=NCCCC(=O)OCC)NC(C)CCS(C)(=O)=O.I. The lowest BCUT2D eigenvalue weighted by Gasteiger charge is -2.17. The molecular formula is C14H30IN3O4S. The van der Waals surface area contributed by atoms with Crippen LogP contribution in [0.15, 0.2) is 4.99 Å². The van der Waals surface area contributed by atoms with Crippen LogP contribution >= 0.6 is 24.0 Å². The average molecular weight is 463 g/mol. The van der Waals surface area contributed by atoms with Gasteiger partial charge in [-0.15, -0.1) is 24.0 Å². The molecule has 0 spiro atoms. The zero-order chi connectivity index (χ0) is 17.0. The van der Waals surface area contributed by atoms with Crippen LogP contribution in [0.1, 0.15) is 40.0 Å². The van der Waals surface area contributed by atoms with Crippen molar-refractivity contribution in [2.75, 3.05) is 31.7 Å². The summed E-state index contributed by atoms with van der Waals surface area (Å²) in [6.07, 6.45) is 2.72. The van der Waals surface area contributed by atoms with Gasteiger partial charge >= 0.3 is 5.97 Å². The number of rotatable bonds is 10. The average Bonchev–Trinajstić information content (AvgIpc) is 2.41. The zero-order valence-corrected chi connectivity index (χ0v) is 17.6. The maximum atomic E-state index is 11.2. The molecule has 23 heavy (non-hydrogen) atoms. The number of esters is 1. The number of carbonyl (C=O) groups excluding carboxylic acids is 1. The zero-order valence-electron chi connectivity index (χ0n) is 14.4. The summed E-state index contributed by atoms with van der Waals surface area (Å²) in [5.74, 6) is 0.563. The predicted octanol–water partition coefficient (Wildman–Crippen LogP) is 1.33. The number of guanidine groups is 1. The van der Waals surface area contributed by atoms with Gasteiger partial charge in [-0.1, -0.05) is 0 Å². The van der Waals surface area contributed by atoms with E-state index in [0.717, 1.165) is 0 Å². The largest absolute Gasteiger partial charge is 0.466 e. The van der Waals surface area contributed by atoms with Crippen LogP contribution in [0.3, 0.4) is 0 Å². The standard InChI is InChI=1S/C14H29N3O4S.HI/c1-5-15-14(16-10-7-8-13(18)21-6-2)17-12(3)9-11-22(4,19)20;/h12H,5-11H2,1-4H3,(H2,15,16,17);1H. The molecule has 0 aromatic heterocycles. The fourth-order valence-electron chi connectivity index (χ4n) is 1.66. The van der Waals surface area contributed by atoms with Gasteiger partial charge in [-0.05, 0) is 33.6 Å². The number of hydrogen-bond acceptors (Lipinski definition) is 5. The van der Waals surface area contributed by atoms with Crippen molar-refractivity contribution >= 4 is 45.7 Å². The van der Waals surface area contributed by atoms with Gasteiger partial charge in [-0.25, -0.2) is 8.42 Å². The minimum absolute atomic E-state index is 0. The molecule has 0 heterocycles. The normalized spacial score (nSPS) is 13.0. The van der Waals surface area contributed by atoms with Crippen molar-refractivity contribution in [2.45, 2.75) is 46.1 Å². The summed E-state index contributed by atoms with van der Waals surface area (Å²) in [5.41, 5.74) is 0. The van der Waals surface area contributed by atoms with Gasteiger partial charge in [0, 0.05) is 31.8 Å². The van der Waals surface area contributed by atoms with Gasteiger partial charge < -0.3 is 15.4 Å². The van der Waals surface area contributed by atoms with Gasteiger partial charge in [0.25, 0.3) is 0 Å². The van der Waals surface area contributed by atoms with E-state index in [4.69, 9.17) is 4.74 Å². The Morgan fingerprint density at radius 3 is 2.48 bits per heavy atom. The lowest BCUT2D eigenvalue weighted by atomic mass is 10.3. The first kappa shape index (κ1) is 24.7. The Hall–Kier alpha value is -0.580. The van der Waals surface area contributed by atoms with Crippen molar-refractivity contribution in [1.82, 2.24) is 10.6 Å². The predicted molar refractivity (Wildman–Crippen MR) is 104 cm³/mol. The molecule has 138 valence electrons. The molecule has 0 aromatic rings. The molecule has 0 saturated heterocycles. The number of ether oxygens (including phenoxy) is 1. The van der Waals surface area contributed by atoms with Crippen molar-refractivity contribution in [1.29, 1.82) is 0 Å². The van der Waals surface area contributed by atoms with E-state index in [0.29, 0.717) is 44.9 Å². The van der Waals surface area contributed by atoms with E-state index >= 15 is 0 Å². The molecule has 2 N–H and O–H groups in total. The van der Waals surface area contributed by atoms with Crippen LogP contribution in [0.5, 0.6) is 0 Å². The molecule has 7 nitrogen and oxygen atoms in total. The van der Waals surface area contributed by atoms with Crippen LogP contribution in [0.25, 0.3) is 0 Å². The van der Waals surface area contributed by atoms with Gasteiger partial charge in [-0.2, -0.15) is 0 Å². The molecule has 0 bridgehead atoms. The molecule has 1 atom stereocenters. The molecule has 0 aliphatic rings. The maximum Gasteiger partial charge on any atom is 0.305 e. The van der Waals surface area contributed by atoms with Crippen LogP contribution in [-0.2, 0) is 19.4 Å². The minimum atomic E-state index is -2.95. The van der Waals surface area contributed by atoms with Crippen LogP contribution < -0.4 is 10.6 Å². The number of aliphatic imine (C=N–C) groups is 1. The molecule has 9 heteroatoms. The molecule has 0 rings (SSSR count). The monoisotopic (exact) mass is 463 g/mol. The number of sulfone groups is 1. The Labute approximate surface area is 157 Å². The fourth-order valence-corrected chi connectivity index (χ4v) is 2.45. The molecule has 0 amide bonds. The number of halogens is 1. The number of carbonyl (C=O) groups is 1. The van der Waals surface area contributed by atoms with Crippen molar-refractivity contribution < 1.29 is 17.9 Å². The van der Waals surface area contributed by atoms with Gasteiger partial charge in [0.1, 0.15) is 9.84 Å². The van der Waals surface area contributed by atoms with Crippen molar-refractivity contribution in [3.8, 4) is 0 Å². The molecule has 1 unspecified atom stereocenters. The summed E-state index contributed by atoms with van der Waals surface area (Å²) in [5, 5.41) is 6.26. The van der Waals surface area contributed by atoms with Crippen LogP contribution in [-0.4, -0.2) is 58.1 Å². The maximum absolute atomic E-state index is 11.2. The Bertz CT molecular complexity index is 455. The Morgan fingerprint density at radius 1 is 1.30 bits per heavy atom. The lowest BCUT2D eigenvalue weighted by Crippen LogP contribution is -2.42. The molecule has 0 radical (unpaired) electrons. The summed E-state index contributed by atoms with van der Waals surface area (Å²) in [6, 6.07) is -0.00224. The van der Waals surface area contributed by atoms with Crippen LogP contribution in [0.2, 0.25) is 0 Å². The number of nitrogens with one attached hydrogen (secondary N) is 2. The quantitative estimate of drug-likeness (QED) is 0.167. The van der Waals surface area contributed by atoms with E-state index < -0.39 is 9.84 Å². The highest BCUT2D eigenvalue weighted by Gasteiger charge is 2.09. The molecule has 0 aliphatic carbocycles. The Balaban J connectivity index is 0. The molecule has 0 fully saturated rings. The summed E-state index contributed by atoms with van der Waals surface area (Å²) in [4.78, 5) is 15.6. The smallest absolute Gasteiger partial charge is 0.305 e. The highest BCUT2D eigenvalue weighted by molar-refractivity contribution is 14.0. The van der Waals surface area contributed by atoms with Crippen molar-refractivity contribution in [3.63, 3.8) is 0 Å². The Kier molecular flexibility index (Phi) is 14.8. The first-order valence-corrected chi connectivity index (χ1v) is 9.72. The lowest BCUT2D eigenvalue weighted by molar-refractivity contribution is -0.143.